The number of hydrogen-bond donors (Lipinski definition) is 0. The third-order valence-electron chi connectivity index (χ3n) is 3.25. The molecule has 0 bridgehead atoms. The highest BCUT2D eigenvalue weighted by atomic mass is 32.2. The van der Waals surface area contributed by atoms with Crippen LogP contribution in [-0.2, 0) is 15.3 Å². The Kier molecular flexibility index (Phi) is 6.02. The van der Waals surface area contributed by atoms with E-state index in [2.05, 4.69) is 11.4 Å². The number of thiophene rings is 1. The van der Waals surface area contributed by atoms with Gasteiger partial charge < -0.3 is 4.74 Å². The topological polar surface area (TPSA) is 43.4 Å². The quantitative estimate of drug-likeness (QED) is 0.555. The highest BCUT2D eigenvalue weighted by molar-refractivity contribution is 7.98. The van der Waals surface area contributed by atoms with Crippen LogP contribution in [0, 0.1) is 5.41 Å². The monoisotopic (exact) mass is 348 g/mol. The molecule has 1 aromatic carbocycles. The first-order valence-electron chi connectivity index (χ1n) is 7.31. The van der Waals surface area contributed by atoms with Crippen molar-refractivity contribution in [3.63, 3.8) is 0 Å². The Morgan fingerprint density at radius 1 is 1.17 bits per heavy atom. The molecular formula is C18H20O3S2. The summed E-state index contributed by atoms with van der Waals surface area (Å²) in [7, 11) is 0. The molecule has 1 aromatic heterocycles. The van der Waals surface area contributed by atoms with Crippen LogP contribution in [0.4, 0.5) is 0 Å². The lowest BCUT2D eigenvalue weighted by molar-refractivity contribution is -0.129. The minimum atomic E-state index is -0.506. The van der Waals surface area contributed by atoms with E-state index in [0.717, 1.165) is 10.6 Å². The number of carbonyl (C=O) groups excluding carboxylic acids is 2. The lowest BCUT2D eigenvalue weighted by Crippen LogP contribution is -2.26. The van der Waals surface area contributed by atoms with E-state index in [1.54, 1.807) is 35.2 Å². The van der Waals surface area contributed by atoms with E-state index in [9.17, 15) is 9.59 Å². The molecule has 0 N–H and O–H groups in total. The smallest absolute Gasteiger partial charge is 0.339 e. The van der Waals surface area contributed by atoms with Gasteiger partial charge in [0, 0.05) is 16.1 Å². The van der Waals surface area contributed by atoms with Crippen molar-refractivity contribution in [1.29, 1.82) is 0 Å². The van der Waals surface area contributed by atoms with Crippen molar-refractivity contribution in [2.45, 2.75) is 31.4 Å². The number of ketones is 1. The van der Waals surface area contributed by atoms with Crippen LogP contribution < -0.4 is 0 Å². The SMILES string of the molecule is CC(C)(C)C(=O)COC(=O)c1ccccc1SCc1ccsc1. The molecule has 0 amide bonds. The second kappa shape index (κ2) is 7.79. The van der Waals surface area contributed by atoms with Gasteiger partial charge in [0.05, 0.1) is 5.56 Å². The van der Waals surface area contributed by atoms with Crippen LogP contribution in [0.25, 0.3) is 0 Å². The second-order valence-electron chi connectivity index (χ2n) is 6.17. The first-order chi connectivity index (χ1) is 10.9. The maximum Gasteiger partial charge on any atom is 0.339 e. The van der Waals surface area contributed by atoms with Gasteiger partial charge in [-0.05, 0) is 34.5 Å². The van der Waals surface area contributed by atoms with Crippen molar-refractivity contribution in [3.05, 3.63) is 52.2 Å². The molecule has 2 rings (SSSR count). The Hall–Kier alpha value is -1.59. The summed E-state index contributed by atoms with van der Waals surface area (Å²) in [5.74, 6) is 0.264. The van der Waals surface area contributed by atoms with Gasteiger partial charge in [0.2, 0.25) is 0 Å². The van der Waals surface area contributed by atoms with Crippen molar-refractivity contribution >= 4 is 34.9 Å². The predicted molar refractivity (Wildman–Crippen MR) is 95.1 cm³/mol. The number of benzene rings is 1. The van der Waals surface area contributed by atoms with Crippen LogP contribution in [0.3, 0.4) is 0 Å². The first-order valence-corrected chi connectivity index (χ1v) is 9.24. The first kappa shape index (κ1) is 17.8. The second-order valence-corrected chi connectivity index (χ2v) is 7.96. The highest BCUT2D eigenvalue weighted by Gasteiger charge is 2.23. The molecule has 0 fully saturated rings. The Bertz CT molecular complexity index is 670. The molecular weight excluding hydrogens is 328 g/mol. The molecule has 0 radical (unpaired) electrons. The molecule has 23 heavy (non-hydrogen) atoms. The number of rotatable bonds is 6. The molecule has 0 spiro atoms. The maximum absolute atomic E-state index is 12.3. The van der Waals surface area contributed by atoms with Gasteiger partial charge in [-0.3, -0.25) is 4.79 Å². The fraction of sp³-hybridized carbons (Fsp3) is 0.333. The molecule has 2 aromatic rings. The average molecular weight is 348 g/mol. The fourth-order valence-corrected chi connectivity index (χ4v) is 3.48. The zero-order valence-electron chi connectivity index (χ0n) is 13.5. The summed E-state index contributed by atoms with van der Waals surface area (Å²) < 4.78 is 5.19. The van der Waals surface area contributed by atoms with Crippen molar-refractivity contribution in [2.75, 3.05) is 6.61 Å². The third kappa shape index (κ3) is 5.22. The summed E-state index contributed by atoms with van der Waals surface area (Å²) in [6.07, 6.45) is 0. The zero-order valence-corrected chi connectivity index (χ0v) is 15.1. The number of ether oxygens (including phenoxy) is 1. The highest BCUT2D eigenvalue weighted by Crippen LogP contribution is 2.27. The average Bonchev–Trinajstić information content (AvgIpc) is 3.03. The van der Waals surface area contributed by atoms with Crippen molar-refractivity contribution < 1.29 is 14.3 Å². The molecule has 122 valence electrons. The van der Waals surface area contributed by atoms with E-state index in [-0.39, 0.29) is 12.4 Å². The Morgan fingerprint density at radius 2 is 1.91 bits per heavy atom. The van der Waals surface area contributed by atoms with Crippen LogP contribution in [-0.4, -0.2) is 18.4 Å². The Labute approximate surface area is 145 Å². The molecule has 0 saturated heterocycles. The van der Waals surface area contributed by atoms with E-state index in [1.807, 2.05) is 38.3 Å². The molecule has 0 atom stereocenters. The van der Waals surface area contributed by atoms with Crippen molar-refractivity contribution in [1.82, 2.24) is 0 Å². The standard InChI is InChI=1S/C18H20O3S2/c1-18(2,3)16(19)10-21-17(20)14-6-4-5-7-15(14)23-12-13-8-9-22-11-13/h4-9,11H,10,12H2,1-3H3. The number of Topliss-reactive ketones (excluding diaryl/α,β-unsaturated/α-hetero) is 1. The molecule has 5 heteroatoms. The van der Waals surface area contributed by atoms with Gasteiger partial charge in [-0.2, -0.15) is 11.3 Å². The zero-order chi connectivity index (χ0) is 16.9. The summed E-state index contributed by atoms with van der Waals surface area (Å²) in [6, 6.07) is 9.41. The molecule has 0 unspecified atom stereocenters. The van der Waals surface area contributed by atoms with Crippen LogP contribution in [0.5, 0.6) is 0 Å². The summed E-state index contributed by atoms with van der Waals surface area (Å²) >= 11 is 3.25. The van der Waals surface area contributed by atoms with Crippen LogP contribution in [0.2, 0.25) is 0 Å². The van der Waals surface area contributed by atoms with E-state index < -0.39 is 11.4 Å². The van der Waals surface area contributed by atoms with Crippen LogP contribution >= 0.6 is 23.1 Å². The van der Waals surface area contributed by atoms with E-state index in [0.29, 0.717) is 5.56 Å². The van der Waals surface area contributed by atoms with E-state index >= 15 is 0 Å². The van der Waals surface area contributed by atoms with Crippen molar-refractivity contribution in [3.8, 4) is 0 Å². The normalized spacial score (nSPS) is 11.3. The summed E-state index contributed by atoms with van der Waals surface area (Å²) in [6.45, 7) is 5.25. The molecule has 0 aliphatic carbocycles. The number of esters is 1. The van der Waals surface area contributed by atoms with Gasteiger partial charge in [-0.1, -0.05) is 32.9 Å². The van der Waals surface area contributed by atoms with Gasteiger partial charge >= 0.3 is 5.97 Å². The van der Waals surface area contributed by atoms with E-state index in [1.165, 1.54) is 5.56 Å². The van der Waals surface area contributed by atoms with Gasteiger partial charge in [0.25, 0.3) is 0 Å². The molecule has 3 nitrogen and oxygen atoms in total. The largest absolute Gasteiger partial charge is 0.454 e. The minimum absolute atomic E-state index is 0.0887. The maximum atomic E-state index is 12.3. The number of thioether (sulfide) groups is 1. The summed E-state index contributed by atoms with van der Waals surface area (Å²) in [5.41, 5.74) is 1.23. The lowest BCUT2D eigenvalue weighted by atomic mass is 9.91. The summed E-state index contributed by atoms with van der Waals surface area (Å²) in [5, 5.41) is 4.13. The molecule has 0 aliphatic heterocycles. The van der Waals surface area contributed by atoms with E-state index in [4.69, 9.17) is 4.74 Å². The third-order valence-corrected chi connectivity index (χ3v) is 5.13. The Morgan fingerprint density at radius 3 is 2.57 bits per heavy atom. The van der Waals surface area contributed by atoms with Crippen LogP contribution in [0.1, 0.15) is 36.7 Å². The minimum Gasteiger partial charge on any atom is -0.454 e. The Balaban J connectivity index is 2.01. The van der Waals surface area contributed by atoms with Gasteiger partial charge in [-0.15, -0.1) is 11.8 Å². The number of hydrogen-bond acceptors (Lipinski definition) is 5. The fourth-order valence-electron chi connectivity index (χ4n) is 1.72. The lowest BCUT2D eigenvalue weighted by Gasteiger charge is -2.16. The van der Waals surface area contributed by atoms with Gasteiger partial charge in [0.1, 0.15) is 0 Å². The molecule has 0 saturated carbocycles. The predicted octanol–water partition coefficient (Wildman–Crippen LogP) is 4.81. The van der Waals surface area contributed by atoms with Crippen molar-refractivity contribution in [2.24, 2.45) is 5.41 Å². The molecule has 1 heterocycles. The number of carbonyl (C=O) groups is 2. The summed E-state index contributed by atoms with van der Waals surface area (Å²) in [4.78, 5) is 25.0. The van der Waals surface area contributed by atoms with Crippen LogP contribution in [0.15, 0.2) is 46.0 Å². The van der Waals surface area contributed by atoms with Gasteiger partial charge in [-0.25, -0.2) is 4.79 Å². The van der Waals surface area contributed by atoms with Gasteiger partial charge in [0.15, 0.2) is 12.4 Å². The molecule has 0 aliphatic rings.